The number of aryl methyl sites for hydroxylation is 1. The van der Waals surface area contributed by atoms with Gasteiger partial charge >= 0.3 is 0 Å². The van der Waals surface area contributed by atoms with Gasteiger partial charge in [-0.2, -0.15) is 10.2 Å². The van der Waals surface area contributed by atoms with Crippen LogP contribution in [0.15, 0.2) is 46.6 Å². The summed E-state index contributed by atoms with van der Waals surface area (Å²) in [5, 5.41) is 8.74. The third-order valence-corrected chi connectivity index (χ3v) is 2.81. The van der Waals surface area contributed by atoms with Gasteiger partial charge in [-0.05, 0) is 48.9 Å². The lowest BCUT2D eigenvalue weighted by atomic mass is 10.2. The molecular weight excluding hydrogens is 248 g/mol. The highest BCUT2D eigenvalue weighted by molar-refractivity contribution is 6.33. The fraction of sp³-hybridized carbons (Fsp3) is 0.0769. The molecule has 0 spiro atoms. The van der Waals surface area contributed by atoms with Crippen molar-refractivity contribution in [3.05, 3.63) is 47.0 Å². The monoisotopic (exact) mass is 260 g/mol. The maximum Gasteiger partial charge on any atom is 0.0887 e. The van der Waals surface area contributed by atoms with E-state index in [4.69, 9.17) is 23.1 Å². The van der Waals surface area contributed by atoms with Gasteiger partial charge in [-0.3, -0.25) is 0 Å². The van der Waals surface area contributed by atoms with E-state index >= 15 is 0 Å². The van der Waals surface area contributed by atoms with Gasteiger partial charge in [0.05, 0.1) is 22.1 Å². The molecule has 4 nitrogen and oxygen atoms in total. The first-order valence-corrected chi connectivity index (χ1v) is 5.77. The highest BCUT2D eigenvalue weighted by Crippen LogP contribution is 2.27. The molecule has 0 bridgehead atoms. The van der Waals surface area contributed by atoms with Crippen LogP contribution in [0, 0.1) is 6.92 Å². The SMILES string of the molecule is Cc1cc(N)ccc1/N=N/c1ccc(N)c(Cl)c1. The number of benzene rings is 2. The van der Waals surface area contributed by atoms with Crippen LogP contribution in [0.25, 0.3) is 0 Å². The van der Waals surface area contributed by atoms with Crippen LogP contribution in [0.3, 0.4) is 0 Å². The molecule has 0 saturated carbocycles. The Morgan fingerprint density at radius 3 is 2.44 bits per heavy atom. The number of rotatable bonds is 2. The molecule has 2 aromatic carbocycles. The average Bonchev–Trinajstić information content (AvgIpc) is 2.32. The Bertz CT molecular complexity index is 608. The van der Waals surface area contributed by atoms with Crippen LogP contribution in [0.5, 0.6) is 0 Å². The fourth-order valence-electron chi connectivity index (χ4n) is 1.48. The molecule has 4 N–H and O–H groups in total. The zero-order valence-electron chi connectivity index (χ0n) is 9.89. The molecule has 2 aromatic rings. The molecule has 0 heterocycles. The first-order chi connectivity index (χ1) is 8.56. The lowest BCUT2D eigenvalue weighted by Gasteiger charge is -2.01. The van der Waals surface area contributed by atoms with Crippen molar-refractivity contribution in [1.29, 1.82) is 0 Å². The summed E-state index contributed by atoms with van der Waals surface area (Å²) in [4.78, 5) is 0. The van der Waals surface area contributed by atoms with Crippen molar-refractivity contribution >= 4 is 34.4 Å². The number of anilines is 2. The molecule has 0 amide bonds. The van der Waals surface area contributed by atoms with Gasteiger partial charge < -0.3 is 11.5 Å². The molecule has 5 heteroatoms. The Labute approximate surface area is 110 Å². The van der Waals surface area contributed by atoms with Gasteiger partial charge in [0.2, 0.25) is 0 Å². The molecule has 0 unspecified atom stereocenters. The quantitative estimate of drug-likeness (QED) is 0.626. The van der Waals surface area contributed by atoms with Gasteiger partial charge in [-0.15, -0.1) is 0 Å². The third kappa shape index (κ3) is 2.78. The van der Waals surface area contributed by atoms with Gasteiger partial charge in [-0.25, -0.2) is 0 Å². The van der Waals surface area contributed by atoms with E-state index in [1.807, 2.05) is 19.1 Å². The predicted octanol–water partition coefficient (Wildman–Crippen LogP) is 4.23. The van der Waals surface area contributed by atoms with Crippen LogP contribution >= 0.6 is 11.6 Å². The largest absolute Gasteiger partial charge is 0.399 e. The lowest BCUT2D eigenvalue weighted by Crippen LogP contribution is -1.85. The van der Waals surface area contributed by atoms with Gasteiger partial charge in [-0.1, -0.05) is 11.6 Å². The Hall–Kier alpha value is -2.07. The van der Waals surface area contributed by atoms with Gasteiger partial charge in [0.1, 0.15) is 0 Å². The molecule has 0 atom stereocenters. The number of azo groups is 1. The first-order valence-electron chi connectivity index (χ1n) is 5.39. The summed E-state index contributed by atoms with van der Waals surface area (Å²) in [6.45, 7) is 1.93. The second-order valence-corrected chi connectivity index (χ2v) is 4.36. The normalized spacial score (nSPS) is 11.0. The van der Waals surface area contributed by atoms with E-state index < -0.39 is 0 Å². The van der Waals surface area contributed by atoms with Crippen molar-refractivity contribution in [1.82, 2.24) is 0 Å². The number of hydrogen-bond donors (Lipinski definition) is 2. The van der Waals surface area contributed by atoms with E-state index in [1.54, 1.807) is 24.3 Å². The summed E-state index contributed by atoms with van der Waals surface area (Å²) in [5.41, 5.74) is 14.9. The van der Waals surface area contributed by atoms with E-state index in [0.29, 0.717) is 22.1 Å². The molecule has 18 heavy (non-hydrogen) atoms. The molecule has 0 aliphatic heterocycles. The summed E-state index contributed by atoms with van der Waals surface area (Å²) >= 11 is 5.90. The van der Waals surface area contributed by atoms with E-state index in [9.17, 15) is 0 Å². The topological polar surface area (TPSA) is 76.8 Å². The predicted molar refractivity (Wildman–Crippen MR) is 75.6 cm³/mol. The molecule has 0 aliphatic carbocycles. The molecule has 0 aliphatic rings. The van der Waals surface area contributed by atoms with Gasteiger partial charge in [0.15, 0.2) is 0 Å². The van der Waals surface area contributed by atoms with Crippen LogP contribution in [0.2, 0.25) is 5.02 Å². The minimum Gasteiger partial charge on any atom is -0.399 e. The van der Waals surface area contributed by atoms with E-state index in [-0.39, 0.29) is 0 Å². The van der Waals surface area contributed by atoms with Crippen LogP contribution in [0.1, 0.15) is 5.56 Å². The molecule has 0 fully saturated rings. The van der Waals surface area contributed by atoms with Crippen LogP contribution < -0.4 is 11.5 Å². The number of hydrogen-bond acceptors (Lipinski definition) is 4. The number of halogens is 1. The molecule has 92 valence electrons. The Balaban J connectivity index is 2.27. The van der Waals surface area contributed by atoms with E-state index in [2.05, 4.69) is 10.2 Å². The second-order valence-electron chi connectivity index (χ2n) is 3.95. The number of nitrogens with zero attached hydrogens (tertiary/aromatic N) is 2. The minimum atomic E-state index is 0.473. The summed E-state index contributed by atoms with van der Waals surface area (Å²) in [7, 11) is 0. The van der Waals surface area contributed by atoms with Crippen molar-refractivity contribution in [2.75, 3.05) is 11.5 Å². The summed E-state index contributed by atoms with van der Waals surface area (Å²) in [5.74, 6) is 0. The van der Waals surface area contributed by atoms with Gasteiger partial charge in [0, 0.05) is 5.69 Å². The molecule has 0 saturated heterocycles. The number of nitrogens with two attached hydrogens (primary N) is 2. The molecule has 2 rings (SSSR count). The van der Waals surface area contributed by atoms with Gasteiger partial charge in [0.25, 0.3) is 0 Å². The maximum atomic E-state index is 5.90. The van der Waals surface area contributed by atoms with Crippen molar-refractivity contribution in [2.24, 2.45) is 10.2 Å². The van der Waals surface area contributed by atoms with Crippen molar-refractivity contribution in [2.45, 2.75) is 6.92 Å². The zero-order valence-corrected chi connectivity index (χ0v) is 10.6. The number of nitrogen functional groups attached to an aromatic ring is 2. The molecule has 0 aromatic heterocycles. The highest BCUT2D eigenvalue weighted by atomic mass is 35.5. The fourth-order valence-corrected chi connectivity index (χ4v) is 1.66. The Kier molecular flexibility index (Phi) is 3.48. The highest BCUT2D eigenvalue weighted by Gasteiger charge is 1.99. The van der Waals surface area contributed by atoms with Crippen molar-refractivity contribution in [3.63, 3.8) is 0 Å². The third-order valence-electron chi connectivity index (χ3n) is 2.48. The summed E-state index contributed by atoms with van der Waals surface area (Å²) in [6.07, 6.45) is 0. The van der Waals surface area contributed by atoms with Crippen molar-refractivity contribution < 1.29 is 0 Å². The minimum absolute atomic E-state index is 0.473. The Morgan fingerprint density at radius 1 is 1.00 bits per heavy atom. The summed E-state index contributed by atoms with van der Waals surface area (Å²) in [6, 6.07) is 10.6. The first kappa shape index (κ1) is 12.4. The lowest BCUT2D eigenvalue weighted by molar-refractivity contribution is 1.21. The molecular formula is C13H13ClN4. The van der Waals surface area contributed by atoms with Crippen molar-refractivity contribution in [3.8, 4) is 0 Å². The smallest absolute Gasteiger partial charge is 0.0887 e. The van der Waals surface area contributed by atoms with Crippen LogP contribution in [-0.2, 0) is 0 Å². The van der Waals surface area contributed by atoms with Crippen LogP contribution in [-0.4, -0.2) is 0 Å². The zero-order chi connectivity index (χ0) is 13.1. The Morgan fingerprint density at radius 2 is 1.78 bits per heavy atom. The summed E-state index contributed by atoms with van der Waals surface area (Å²) < 4.78 is 0. The molecule has 0 radical (unpaired) electrons. The maximum absolute atomic E-state index is 5.90. The van der Waals surface area contributed by atoms with E-state index in [0.717, 1.165) is 11.3 Å². The van der Waals surface area contributed by atoms with E-state index in [1.165, 1.54) is 0 Å². The second kappa shape index (κ2) is 5.06. The van der Waals surface area contributed by atoms with Crippen LogP contribution in [0.4, 0.5) is 22.7 Å². The standard InChI is InChI=1S/C13H13ClN4/c1-8-6-9(15)2-5-13(8)18-17-10-3-4-12(16)11(14)7-10/h2-7H,15-16H2,1H3/b18-17+. The average molecular weight is 261 g/mol.